The van der Waals surface area contributed by atoms with Gasteiger partial charge in [-0.05, 0) is 20.8 Å². The zero-order valence-corrected chi connectivity index (χ0v) is 10.7. The maximum absolute atomic E-state index is 7.57. The van der Waals surface area contributed by atoms with E-state index in [1.807, 2.05) is 0 Å². The summed E-state index contributed by atoms with van der Waals surface area (Å²) in [7, 11) is 0. The normalized spacial score (nSPS) is 5.15. The summed E-state index contributed by atoms with van der Waals surface area (Å²) in [5.74, 6) is 0. The van der Waals surface area contributed by atoms with Crippen LogP contribution in [-0.4, -0.2) is 35.1 Å². The monoisotopic (exact) mass is 227 g/mol. The minimum atomic E-state index is 0. The average Bonchev–Trinajstić information content (AvgIpc) is 1.92. The third kappa shape index (κ3) is 11800. The number of rotatable bonds is 0. The predicted molar refractivity (Wildman–Crippen MR) is 52.8 cm³/mol. The summed E-state index contributed by atoms with van der Waals surface area (Å²) in [5.41, 5.74) is 0. The van der Waals surface area contributed by atoms with Gasteiger partial charge in [-0.3, -0.25) is 6.58 Å². The number of hydrogen-bond acceptors (Lipinski definition) is 3. The van der Waals surface area contributed by atoms with E-state index in [2.05, 4.69) is 12.7 Å². The standard InChI is InChI=1S/C3H5.3C2H6O.Ti/c1-3-2;3*1-2-3;/h1H2,2H3;3*3H,2H2,1H3;/q-1;;;;. The molecule has 0 aliphatic heterocycles. The Morgan fingerprint density at radius 1 is 0.923 bits per heavy atom. The Kier molecular flexibility index (Phi) is 189. The molecule has 0 heterocycles. The molecule has 0 aliphatic carbocycles. The van der Waals surface area contributed by atoms with Gasteiger partial charge in [-0.2, -0.15) is 6.92 Å². The molecule has 0 aliphatic rings. The van der Waals surface area contributed by atoms with Crippen LogP contribution in [0.15, 0.2) is 6.58 Å². The van der Waals surface area contributed by atoms with E-state index in [0.717, 1.165) is 0 Å². The number of hydrogen-bond donors (Lipinski definition) is 3. The van der Waals surface area contributed by atoms with Crippen LogP contribution in [-0.2, 0) is 21.7 Å². The van der Waals surface area contributed by atoms with Crippen LogP contribution in [0.25, 0.3) is 0 Å². The van der Waals surface area contributed by atoms with Crippen LogP contribution >= 0.6 is 0 Å². The number of aliphatic hydroxyl groups excluding tert-OH is 3. The topological polar surface area (TPSA) is 60.7 Å². The first-order valence-corrected chi connectivity index (χ1v) is 3.92. The second-order valence-corrected chi connectivity index (χ2v) is 1.30. The molecule has 0 bridgehead atoms. The van der Waals surface area contributed by atoms with E-state index < -0.39 is 0 Å². The van der Waals surface area contributed by atoms with E-state index in [1.165, 1.54) is 0 Å². The first-order valence-electron chi connectivity index (χ1n) is 3.92. The molecule has 0 amide bonds. The van der Waals surface area contributed by atoms with Crippen LogP contribution in [0.1, 0.15) is 27.7 Å². The first kappa shape index (κ1) is 29.2. The Morgan fingerprint density at radius 2 is 0.923 bits per heavy atom. The van der Waals surface area contributed by atoms with Crippen molar-refractivity contribution in [3.8, 4) is 0 Å². The van der Waals surface area contributed by atoms with Gasteiger partial charge in [0, 0.05) is 41.5 Å². The van der Waals surface area contributed by atoms with Gasteiger partial charge in [-0.25, -0.2) is 0 Å². The Labute approximate surface area is 97.4 Å². The van der Waals surface area contributed by atoms with Gasteiger partial charge in [-0.15, -0.1) is 0 Å². The Bertz CT molecular complexity index is 39.1. The van der Waals surface area contributed by atoms with Crippen molar-refractivity contribution >= 4 is 0 Å². The molecule has 3 nitrogen and oxygen atoms in total. The molecule has 13 heavy (non-hydrogen) atoms. The molecular weight excluding hydrogens is 204 g/mol. The smallest absolute Gasteiger partial charge is 0.0402 e. The summed E-state index contributed by atoms with van der Waals surface area (Å²) in [6, 6.07) is 0. The maximum atomic E-state index is 7.57. The van der Waals surface area contributed by atoms with E-state index in [4.69, 9.17) is 15.3 Å². The third-order valence-corrected chi connectivity index (χ3v) is 0. The van der Waals surface area contributed by atoms with E-state index >= 15 is 0 Å². The molecule has 0 aromatic carbocycles. The molecule has 0 saturated carbocycles. The molecule has 0 aromatic rings. The van der Waals surface area contributed by atoms with Gasteiger partial charge in [0.05, 0.1) is 0 Å². The molecule has 3 N–H and O–H groups in total. The minimum absolute atomic E-state index is 0. The maximum Gasteiger partial charge on any atom is 0.0402 e. The van der Waals surface area contributed by atoms with Crippen molar-refractivity contribution in [2.24, 2.45) is 0 Å². The summed E-state index contributed by atoms with van der Waals surface area (Å²) in [4.78, 5) is 0. The zero-order valence-electron chi connectivity index (χ0n) is 9.17. The predicted octanol–water partition coefficient (Wildman–Crippen LogP) is 0.989. The summed E-state index contributed by atoms with van der Waals surface area (Å²) >= 11 is 0. The Morgan fingerprint density at radius 3 is 0.923 bits per heavy atom. The molecule has 0 rings (SSSR count). The fraction of sp³-hybridized carbons (Fsp3) is 0.778. The van der Waals surface area contributed by atoms with Crippen LogP contribution in [0, 0.1) is 6.08 Å². The van der Waals surface area contributed by atoms with E-state index in [9.17, 15) is 0 Å². The molecule has 4 heteroatoms. The van der Waals surface area contributed by atoms with Crippen LogP contribution in [0.3, 0.4) is 0 Å². The van der Waals surface area contributed by atoms with Gasteiger partial charge in [0.15, 0.2) is 0 Å². The van der Waals surface area contributed by atoms with Gasteiger partial charge < -0.3 is 21.4 Å². The van der Waals surface area contributed by atoms with Crippen LogP contribution in [0.4, 0.5) is 0 Å². The van der Waals surface area contributed by atoms with Gasteiger partial charge in [-0.1, -0.05) is 0 Å². The third-order valence-electron chi connectivity index (χ3n) is 0. The quantitative estimate of drug-likeness (QED) is 0.427. The summed E-state index contributed by atoms with van der Waals surface area (Å²) in [5, 5.41) is 22.7. The average molecular weight is 227 g/mol. The van der Waals surface area contributed by atoms with E-state index in [-0.39, 0.29) is 41.5 Å². The SMILES string of the molecule is C=[C-]C.CCO.CCO.CCO.[Ti]. The van der Waals surface area contributed by atoms with E-state index in [0.29, 0.717) is 0 Å². The van der Waals surface area contributed by atoms with Crippen molar-refractivity contribution in [3.63, 3.8) is 0 Å². The Balaban J connectivity index is -0.0000000213. The van der Waals surface area contributed by atoms with Crippen LogP contribution < -0.4 is 0 Å². The van der Waals surface area contributed by atoms with Crippen molar-refractivity contribution in [2.45, 2.75) is 27.7 Å². The summed E-state index contributed by atoms with van der Waals surface area (Å²) in [6.45, 7) is 10.8. The molecule has 0 spiro atoms. The first-order chi connectivity index (χ1) is 5.66. The molecule has 82 valence electrons. The molecule has 0 fully saturated rings. The van der Waals surface area contributed by atoms with Crippen molar-refractivity contribution in [2.75, 3.05) is 19.8 Å². The molecule has 0 atom stereocenters. The second-order valence-electron chi connectivity index (χ2n) is 1.30. The number of allylic oxidation sites excluding steroid dienone is 1. The number of aliphatic hydroxyl groups is 3. The van der Waals surface area contributed by atoms with E-state index in [1.54, 1.807) is 27.7 Å². The van der Waals surface area contributed by atoms with Crippen molar-refractivity contribution in [3.05, 3.63) is 12.7 Å². The van der Waals surface area contributed by atoms with Gasteiger partial charge in [0.2, 0.25) is 0 Å². The summed E-state index contributed by atoms with van der Waals surface area (Å²) < 4.78 is 0. The molecule has 0 aromatic heterocycles. The molecular formula is C9H23O3Ti-. The largest absolute Gasteiger partial charge is 0.507 e. The van der Waals surface area contributed by atoms with Crippen LogP contribution in [0.2, 0.25) is 0 Å². The Hall–Kier alpha value is 0.334. The molecule has 0 unspecified atom stereocenters. The van der Waals surface area contributed by atoms with Gasteiger partial charge >= 0.3 is 0 Å². The fourth-order valence-electron chi connectivity index (χ4n) is 0. The van der Waals surface area contributed by atoms with Gasteiger partial charge in [0.25, 0.3) is 0 Å². The minimum Gasteiger partial charge on any atom is -0.507 e. The second kappa shape index (κ2) is 84.3. The zero-order chi connectivity index (χ0) is 10.8. The van der Waals surface area contributed by atoms with Crippen molar-refractivity contribution in [1.29, 1.82) is 0 Å². The van der Waals surface area contributed by atoms with Crippen molar-refractivity contribution < 1.29 is 37.0 Å². The molecule has 0 radical (unpaired) electrons. The fourth-order valence-corrected chi connectivity index (χ4v) is 0. The van der Waals surface area contributed by atoms with Crippen LogP contribution in [0.5, 0.6) is 0 Å². The molecule has 0 saturated heterocycles. The summed E-state index contributed by atoms with van der Waals surface area (Å²) in [6.07, 6.45) is 2.50. The van der Waals surface area contributed by atoms with Gasteiger partial charge in [0.1, 0.15) is 0 Å². The van der Waals surface area contributed by atoms with Crippen molar-refractivity contribution in [1.82, 2.24) is 0 Å².